The first kappa shape index (κ1) is 11.1. The number of nitriles is 1. The van der Waals surface area contributed by atoms with Crippen LogP contribution < -0.4 is 5.32 Å². The number of para-hydroxylation sites is 1. The lowest BCUT2D eigenvalue weighted by atomic mass is 9.87. The molecule has 0 aromatic heterocycles. The van der Waals surface area contributed by atoms with Crippen molar-refractivity contribution in [2.24, 2.45) is 5.41 Å². The van der Waals surface area contributed by atoms with Crippen molar-refractivity contribution in [2.45, 2.75) is 0 Å². The molecule has 1 heterocycles. The first-order valence-electron chi connectivity index (χ1n) is 4.73. The number of ether oxygens (including phenoxy) is 1. The molecule has 0 atom stereocenters. The molecule has 1 amide bonds. The lowest BCUT2D eigenvalue weighted by Gasteiger charge is -2.33. The molecule has 0 unspecified atom stereocenters. The fraction of sp³-hybridized carbons (Fsp3) is 0.273. The number of benzene rings is 1. The van der Waals surface area contributed by atoms with Gasteiger partial charge in [-0.25, -0.2) is 0 Å². The standard InChI is InChI=1S/C11H9BrN2O2/c12-8-3-1-2-4-9(8)14-10(15)11(5-13)6-16-7-11/h1-4H,6-7H2,(H,14,15). The Labute approximate surface area is 101 Å². The van der Waals surface area contributed by atoms with Gasteiger partial charge in [0.05, 0.1) is 25.0 Å². The Morgan fingerprint density at radius 3 is 2.69 bits per heavy atom. The Morgan fingerprint density at radius 2 is 2.19 bits per heavy atom. The number of rotatable bonds is 2. The zero-order valence-corrected chi connectivity index (χ0v) is 9.95. The van der Waals surface area contributed by atoms with Crippen LogP contribution in [-0.2, 0) is 9.53 Å². The van der Waals surface area contributed by atoms with E-state index in [0.717, 1.165) is 4.47 Å². The highest BCUT2D eigenvalue weighted by atomic mass is 79.9. The largest absolute Gasteiger partial charge is 0.377 e. The van der Waals surface area contributed by atoms with Crippen LogP contribution >= 0.6 is 15.9 Å². The van der Waals surface area contributed by atoms with Crippen molar-refractivity contribution in [1.82, 2.24) is 0 Å². The Bertz CT molecular complexity index is 463. The fourth-order valence-corrected chi connectivity index (χ4v) is 1.74. The monoisotopic (exact) mass is 280 g/mol. The number of amides is 1. The molecule has 1 aromatic rings. The summed E-state index contributed by atoms with van der Waals surface area (Å²) >= 11 is 3.32. The highest BCUT2D eigenvalue weighted by Crippen LogP contribution is 2.30. The predicted molar refractivity (Wildman–Crippen MR) is 61.6 cm³/mol. The summed E-state index contributed by atoms with van der Waals surface area (Å²) < 4.78 is 5.71. The van der Waals surface area contributed by atoms with Gasteiger partial charge in [0.2, 0.25) is 5.91 Å². The molecular formula is C11H9BrN2O2. The number of nitrogens with zero attached hydrogens (tertiary/aromatic N) is 1. The molecule has 16 heavy (non-hydrogen) atoms. The van der Waals surface area contributed by atoms with E-state index in [9.17, 15) is 4.79 Å². The molecule has 1 N–H and O–H groups in total. The van der Waals surface area contributed by atoms with Crippen LogP contribution in [-0.4, -0.2) is 19.1 Å². The van der Waals surface area contributed by atoms with Crippen LogP contribution in [0.25, 0.3) is 0 Å². The third kappa shape index (κ3) is 1.82. The van der Waals surface area contributed by atoms with E-state index in [4.69, 9.17) is 10.00 Å². The fourth-order valence-electron chi connectivity index (χ4n) is 1.36. The average Bonchev–Trinajstić information content (AvgIpc) is 2.21. The third-order valence-electron chi connectivity index (χ3n) is 2.47. The Balaban J connectivity index is 2.14. The molecule has 4 nitrogen and oxygen atoms in total. The zero-order valence-electron chi connectivity index (χ0n) is 8.37. The molecule has 0 saturated carbocycles. The molecule has 82 valence electrons. The summed E-state index contributed by atoms with van der Waals surface area (Å²) in [6.45, 7) is 0.333. The van der Waals surface area contributed by atoms with Gasteiger partial charge in [-0.1, -0.05) is 12.1 Å². The van der Waals surface area contributed by atoms with E-state index in [-0.39, 0.29) is 19.1 Å². The van der Waals surface area contributed by atoms with Gasteiger partial charge in [0.1, 0.15) is 0 Å². The summed E-state index contributed by atoms with van der Waals surface area (Å²) in [5.74, 6) is -0.312. The first-order chi connectivity index (χ1) is 7.68. The number of hydrogen-bond acceptors (Lipinski definition) is 3. The van der Waals surface area contributed by atoms with Crippen molar-refractivity contribution >= 4 is 27.5 Å². The van der Waals surface area contributed by atoms with Crippen LogP contribution in [0.2, 0.25) is 0 Å². The van der Waals surface area contributed by atoms with Crippen molar-refractivity contribution in [2.75, 3.05) is 18.5 Å². The molecule has 1 aliphatic rings. The second-order valence-electron chi connectivity index (χ2n) is 3.62. The summed E-state index contributed by atoms with van der Waals surface area (Å²) in [5.41, 5.74) is -0.357. The van der Waals surface area contributed by atoms with E-state index in [1.165, 1.54) is 0 Å². The molecule has 2 rings (SSSR count). The maximum Gasteiger partial charge on any atom is 0.249 e. The van der Waals surface area contributed by atoms with Gasteiger partial charge in [-0.05, 0) is 28.1 Å². The van der Waals surface area contributed by atoms with Crippen LogP contribution in [0.4, 0.5) is 5.69 Å². The molecule has 0 radical (unpaired) electrons. The van der Waals surface area contributed by atoms with Crippen molar-refractivity contribution in [3.8, 4) is 6.07 Å². The predicted octanol–water partition coefficient (Wildman–Crippen LogP) is 1.93. The molecule has 1 aromatic carbocycles. The smallest absolute Gasteiger partial charge is 0.249 e. The molecular weight excluding hydrogens is 272 g/mol. The van der Waals surface area contributed by atoms with Crippen molar-refractivity contribution in [3.05, 3.63) is 28.7 Å². The molecule has 0 aliphatic carbocycles. The normalized spacial score (nSPS) is 17.0. The van der Waals surface area contributed by atoms with E-state index in [2.05, 4.69) is 21.2 Å². The Hall–Kier alpha value is -1.38. The number of carbonyl (C=O) groups excluding carboxylic acids is 1. The van der Waals surface area contributed by atoms with Crippen LogP contribution in [0.3, 0.4) is 0 Å². The SMILES string of the molecule is N#CC1(C(=O)Nc2ccccc2Br)COC1. The van der Waals surface area contributed by atoms with Gasteiger partial charge >= 0.3 is 0 Å². The highest BCUT2D eigenvalue weighted by molar-refractivity contribution is 9.10. The summed E-state index contributed by atoms with van der Waals surface area (Å²) in [6, 6.07) is 9.27. The number of carbonyl (C=O) groups is 1. The second kappa shape index (κ2) is 4.24. The number of anilines is 1. The van der Waals surface area contributed by atoms with Gasteiger partial charge in [0, 0.05) is 4.47 Å². The minimum absolute atomic E-state index is 0.166. The number of hydrogen-bond donors (Lipinski definition) is 1. The second-order valence-corrected chi connectivity index (χ2v) is 4.48. The lowest BCUT2D eigenvalue weighted by molar-refractivity contribution is -0.144. The summed E-state index contributed by atoms with van der Waals surface area (Å²) in [4.78, 5) is 11.9. The first-order valence-corrected chi connectivity index (χ1v) is 5.52. The maximum absolute atomic E-state index is 11.9. The summed E-state index contributed by atoms with van der Waals surface area (Å²) in [5, 5.41) is 11.7. The van der Waals surface area contributed by atoms with E-state index in [1.807, 2.05) is 24.3 Å². The van der Waals surface area contributed by atoms with Gasteiger partial charge in [0.25, 0.3) is 0 Å². The van der Waals surface area contributed by atoms with Crippen molar-refractivity contribution in [1.29, 1.82) is 5.26 Å². The van der Waals surface area contributed by atoms with E-state index in [1.54, 1.807) is 6.07 Å². The highest BCUT2D eigenvalue weighted by Gasteiger charge is 2.46. The quantitative estimate of drug-likeness (QED) is 0.901. The molecule has 1 saturated heterocycles. The maximum atomic E-state index is 11.9. The molecule has 1 fully saturated rings. The third-order valence-corrected chi connectivity index (χ3v) is 3.16. The minimum atomic E-state index is -1.02. The molecule has 1 aliphatic heterocycles. The zero-order chi connectivity index (χ0) is 11.6. The summed E-state index contributed by atoms with van der Waals surface area (Å²) in [6.07, 6.45) is 0. The number of halogens is 1. The average molecular weight is 281 g/mol. The molecule has 0 spiro atoms. The van der Waals surface area contributed by atoms with Gasteiger partial charge in [-0.3, -0.25) is 4.79 Å². The van der Waals surface area contributed by atoms with Gasteiger partial charge in [-0.15, -0.1) is 0 Å². The van der Waals surface area contributed by atoms with E-state index in [0.29, 0.717) is 5.69 Å². The molecule has 5 heteroatoms. The van der Waals surface area contributed by atoms with Crippen molar-refractivity contribution < 1.29 is 9.53 Å². The van der Waals surface area contributed by atoms with Crippen LogP contribution in [0.5, 0.6) is 0 Å². The Kier molecular flexibility index (Phi) is 2.95. The van der Waals surface area contributed by atoms with Crippen molar-refractivity contribution in [3.63, 3.8) is 0 Å². The number of nitrogens with one attached hydrogen (secondary N) is 1. The summed E-state index contributed by atoms with van der Waals surface area (Å²) in [7, 11) is 0. The van der Waals surface area contributed by atoms with Crippen LogP contribution in [0.15, 0.2) is 28.7 Å². The van der Waals surface area contributed by atoms with Crippen LogP contribution in [0.1, 0.15) is 0 Å². The van der Waals surface area contributed by atoms with Crippen LogP contribution in [0, 0.1) is 16.7 Å². The van der Waals surface area contributed by atoms with E-state index < -0.39 is 5.41 Å². The van der Waals surface area contributed by atoms with Gasteiger partial charge in [0.15, 0.2) is 5.41 Å². The Morgan fingerprint density at radius 1 is 1.50 bits per heavy atom. The molecule has 0 bridgehead atoms. The van der Waals surface area contributed by atoms with Gasteiger partial charge in [-0.2, -0.15) is 5.26 Å². The van der Waals surface area contributed by atoms with Gasteiger partial charge < -0.3 is 10.1 Å². The van der Waals surface area contributed by atoms with E-state index >= 15 is 0 Å². The lowest BCUT2D eigenvalue weighted by Crippen LogP contribution is -2.50. The topological polar surface area (TPSA) is 62.1 Å². The minimum Gasteiger partial charge on any atom is -0.377 e.